The van der Waals surface area contributed by atoms with Gasteiger partial charge in [0, 0.05) is 13.1 Å². The number of anilines is 2. The Labute approximate surface area is 91.8 Å². The van der Waals surface area contributed by atoms with Crippen LogP contribution in [0, 0.1) is 5.92 Å². The Kier molecular flexibility index (Phi) is 2.69. The highest BCUT2D eigenvalue weighted by Gasteiger charge is 2.31. The lowest BCUT2D eigenvalue weighted by atomic mass is 10.1. The van der Waals surface area contributed by atoms with E-state index in [0.29, 0.717) is 18.2 Å². The van der Waals surface area contributed by atoms with Crippen LogP contribution in [0.2, 0.25) is 0 Å². The van der Waals surface area contributed by atoms with Crippen molar-refractivity contribution in [1.82, 2.24) is 0 Å². The molecule has 1 atom stereocenters. The van der Waals surface area contributed by atoms with Crippen molar-refractivity contribution in [1.29, 1.82) is 0 Å². The van der Waals surface area contributed by atoms with E-state index in [4.69, 9.17) is 0 Å². The summed E-state index contributed by atoms with van der Waals surface area (Å²) in [4.78, 5) is 0. The van der Waals surface area contributed by atoms with Gasteiger partial charge in [-0.05, 0) is 24.1 Å². The van der Waals surface area contributed by atoms with E-state index >= 15 is 0 Å². The van der Waals surface area contributed by atoms with Gasteiger partial charge in [-0.2, -0.15) is 13.2 Å². The molecule has 0 spiro atoms. The number of hydrogen-bond acceptors (Lipinski definition) is 2. The summed E-state index contributed by atoms with van der Waals surface area (Å²) < 4.78 is 37.5. The van der Waals surface area contributed by atoms with E-state index in [1.165, 1.54) is 6.07 Å². The third-order valence-electron chi connectivity index (χ3n) is 2.63. The molecule has 2 rings (SSSR count). The van der Waals surface area contributed by atoms with Crippen LogP contribution in [0.4, 0.5) is 24.5 Å². The topological polar surface area (TPSA) is 24.1 Å². The summed E-state index contributed by atoms with van der Waals surface area (Å²) in [5, 5.41) is 6.15. The number of rotatable bonds is 0. The highest BCUT2D eigenvalue weighted by molar-refractivity contribution is 5.70. The second kappa shape index (κ2) is 3.88. The molecule has 0 amide bonds. The number of nitrogens with one attached hydrogen (secondary N) is 2. The van der Waals surface area contributed by atoms with Gasteiger partial charge < -0.3 is 10.6 Å². The molecule has 1 unspecified atom stereocenters. The van der Waals surface area contributed by atoms with Crippen molar-refractivity contribution in [3.8, 4) is 0 Å². The molecule has 0 saturated heterocycles. The van der Waals surface area contributed by atoms with Crippen LogP contribution in [0.5, 0.6) is 0 Å². The van der Waals surface area contributed by atoms with Crippen LogP contribution in [0.1, 0.15) is 12.5 Å². The number of halogens is 3. The van der Waals surface area contributed by atoms with E-state index in [-0.39, 0.29) is 0 Å². The fourth-order valence-electron chi connectivity index (χ4n) is 1.66. The molecule has 0 saturated carbocycles. The third-order valence-corrected chi connectivity index (χ3v) is 2.63. The zero-order valence-corrected chi connectivity index (χ0v) is 8.86. The molecule has 1 aliphatic rings. The van der Waals surface area contributed by atoms with Gasteiger partial charge in [0.05, 0.1) is 16.9 Å². The number of benzene rings is 1. The average molecular weight is 230 g/mol. The van der Waals surface area contributed by atoms with Crippen LogP contribution < -0.4 is 10.6 Å². The standard InChI is InChI=1S/C11H13F3N2/c1-7-5-15-9-3-2-8(11(12,13)14)4-10(9)16-6-7/h2-4,7,15-16H,5-6H2,1H3. The van der Waals surface area contributed by atoms with Gasteiger partial charge in [0.25, 0.3) is 0 Å². The Hall–Kier alpha value is -1.39. The first kappa shape index (κ1) is 11.1. The van der Waals surface area contributed by atoms with E-state index in [1.807, 2.05) is 6.92 Å². The molecule has 0 aliphatic carbocycles. The van der Waals surface area contributed by atoms with E-state index in [1.54, 1.807) is 0 Å². The summed E-state index contributed by atoms with van der Waals surface area (Å²) in [5.41, 5.74) is 0.645. The first-order chi connectivity index (χ1) is 7.47. The van der Waals surface area contributed by atoms with Crippen molar-refractivity contribution >= 4 is 11.4 Å². The quantitative estimate of drug-likeness (QED) is 0.715. The van der Waals surface area contributed by atoms with Gasteiger partial charge >= 0.3 is 6.18 Å². The first-order valence-corrected chi connectivity index (χ1v) is 5.16. The average Bonchev–Trinajstić information content (AvgIpc) is 2.39. The molecule has 2 nitrogen and oxygen atoms in total. The van der Waals surface area contributed by atoms with E-state index < -0.39 is 11.7 Å². The lowest BCUT2D eigenvalue weighted by molar-refractivity contribution is -0.137. The van der Waals surface area contributed by atoms with Crippen molar-refractivity contribution in [2.45, 2.75) is 13.1 Å². The zero-order chi connectivity index (χ0) is 11.8. The van der Waals surface area contributed by atoms with E-state index in [9.17, 15) is 13.2 Å². The normalized spacial score (nSPS) is 20.4. The molecule has 16 heavy (non-hydrogen) atoms. The van der Waals surface area contributed by atoms with Gasteiger partial charge in [-0.15, -0.1) is 0 Å². The Morgan fingerprint density at radius 2 is 1.75 bits per heavy atom. The molecule has 1 aliphatic heterocycles. The number of alkyl halides is 3. The SMILES string of the molecule is CC1CNc2ccc(C(F)(F)F)cc2NC1. The van der Waals surface area contributed by atoms with Crippen molar-refractivity contribution in [2.24, 2.45) is 5.92 Å². The maximum absolute atomic E-state index is 12.5. The molecule has 88 valence electrons. The molecular formula is C11H13F3N2. The summed E-state index contributed by atoms with van der Waals surface area (Å²) >= 11 is 0. The molecular weight excluding hydrogens is 217 g/mol. The van der Waals surface area contributed by atoms with Crippen LogP contribution in [-0.4, -0.2) is 13.1 Å². The lowest BCUT2D eigenvalue weighted by Gasteiger charge is -2.12. The maximum Gasteiger partial charge on any atom is 0.416 e. The Balaban J connectivity index is 2.32. The number of hydrogen-bond donors (Lipinski definition) is 2. The molecule has 0 fully saturated rings. The van der Waals surface area contributed by atoms with Gasteiger partial charge in [0.1, 0.15) is 0 Å². The summed E-state index contributed by atoms with van der Waals surface area (Å²) in [5.74, 6) is 0.390. The minimum Gasteiger partial charge on any atom is -0.383 e. The van der Waals surface area contributed by atoms with E-state index in [2.05, 4.69) is 10.6 Å². The second-order valence-electron chi connectivity index (χ2n) is 4.13. The molecule has 0 bridgehead atoms. The maximum atomic E-state index is 12.5. The molecule has 1 heterocycles. The molecule has 0 aromatic heterocycles. The van der Waals surface area contributed by atoms with Crippen LogP contribution >= 0.6 is 0 Å². The van der Waals surface area contributed by atoms with Gasteiger partial charge in [0.2, 0.25) is 0 Å². The summed E-state index contributed by atoms with van der Waals surface area (Å²) in [6.45, 7) is 3.49. The highest BCUT2D eigenvalue weighted by atomic mass is 19.4. The fraction of sp³-hybridized carbons (Fsp3) is 0.455. The lowest BCUT2D eigenvalue weighted by Crippen LogP contribution is -2.14. The Bertz CT molecular complexity index is 387. The highest BCUT2D eigenvalue weighted by Crippen LogP contribution is 2.34. The van der Waals surface area contributed by atoms with Crippen molar-refractivity contribution in [2.75, 3.05) is 23.7 Å². The van der Waals surface area contributed by atoms with Crippen LogP contribution in [0.25, 0.3) is 0 Å². The van der Waals surface area contributed by atoms with E-state index in [0.717, 1.165) is 24.4 Å². The van der Waals surface area contributed by atoms with Crippen molar-refractivity contribution < 1.29 is 13.2 Å². The van der Waals surface area contributed by atoms with Gasteiger partial charge in [-0.3, -0.25) is 0 Å². The predicted octanol–water partition coefficient (Wildman–Crippen LogP) is 3.18. The molecule has 0 radical (unpaired) electrons. The first-order valence-electron chi connectivity index (χ1n) is 5.16. The minimum atomic E-state index is -4.28. The van der Waals surface area contributed by atoms with Crippen LogP contribution in [0.3, 0.4) is 0 Å². The summed E-state index contributed by atoms with van der Waals surface area (Å²) in [6.07, 6.45) is -4.28. The van der Waals surface area contributed by atoms with Gasteiger partial charge in [-0.25, -0.2) is 0 Å². The minimum absolute atomic E-state index is 0.390. The molecule has 1 aromatic carbocycles. The van der Waals surface area contributed by atoms with Crippen LogP contribution in [-0.2, 0) is 6.18 Å². The van der Waals surface area contributed by atoms with Crippen molar-refractivity contribution in [3.05, 3.63) is 23.8 Å². The number of fused-ring (bicyclic) bond motifs is 1. The Morgan fingerprint density at radius 3 is 2.38 bits per heavy atom. The Morgan fingerprint density at radius 1 is 1.12 bits per heavy atom. The monoisotopic (exact) mass is 230 g/mol. The van der Waals surface area contributed by atoms with Crippen molar-refractivity contribution in [3.63, 3.8) is 0 Å². The predicted molar refractivity (Wildman–Crippen MR) is 57.6 cm³/mol. The largest absolute Gasteiger partial charge is 0.416 e. The smallest absolute Gasteiger partial charge is 0.383 e. The second-order valence-corrected chi connectivity index (χ2v) is 4.13. The van der Waals surface area contributed by atoms with Gasteiger partial charge in [0.15, 0.2) is 0 Å². The molecule has 5 heteroatoms. The third kappa shape index (κ3) is 2.23. The fourth-order valence-corrected chi connectivity index (χ4v) is 1.66. The van der Waals surface area contributed by atoms with Crippen LogP contribution in [0.15, 0.2) is 18.2 Å². The zero-order valence-electron chi connectivity index (χ0n) is 8.86. The summed E-state index contributed by atoms with van der Waals surface area (Å²) in [6, 6.07) is 3.73. The van der Waals surface area contributed by atoms with Gasteiger partial charge in [-0.1, -0.05) is 6.92 Å². The molecule has 1 aromatic rings. The molecule has 2 N–H and O–H groups in total. The summed E-state index contributed by atoms with van der Waals surface area (Å²) in [7, 11) is 0.